The smallest absolute Gasteiger partial charge is 0.258 e. The second-order valence-corrected chi connectivity index (χ2v) is 7.06. The van der Waals surface area contributed by atoms with Crippen molar-refractivity contribution in [2.45, 2.75) is 31.8 Å². The molecule has 1 saturated carbocycles. The van der Waals surface area contributed by atoms with Crippen LogP contribution in [0.25, 0.3) is 0 Å². The molecule has 5 nitrogen and oxygen atoms in total. The summed E-state index contributed by atoms with van der Waals surface area (Å²) >= 11 is 1.66. The molecule has 1 amide bonds. The van der Waals surface area contributed by atoms with Crippen LogP contribution in [-0.2, 0) is 4.79 Å². The second-order valence-electron chi connectivity index (χ2n) is 6.12. The van der Waals surface area contributed by atoms with Gasteiger partial charge in [0, 0.05) is 19.1 Å². The van der Waals surface area contributed by atoms with E-state index in [0.717, 1.165) is 29.1 Å². The zero-order chi connectivity index (χ0) is 17.6. The number of carbonyl (C=O) groups excluding carboxylic acids is 1. The molecule has 3 rings (SSSR count). The number of amidine groups is 1. The third-order valence-electron chi connectivity index (χ3n) is 4.02. The van der Waals surface area contributed by atoms with E-state index < -0.39 is 0 Å². The van der Waals surface area contributed by atoms with Gasteiger partial charge in [0.2, 0.25) is 0 Å². The fraction of sp³-hybridized carbons (Fsp3) is 0.368. The largest absolute Gasteiger partial charge is 0.484 e. The summed E-state index contributed by atoms with van der Waals surface area (Å²) < 4.78 is 5.54. The molecule has 0 spiro atoms. The molecule has 0 aliphatic heterocycles. The van der Waals surface area contributed by atoms with Gasteiger partial charge < -0.3 is 15.4 Å². The Morgan fingerprint density at radius 3 is 2.68 bits per heavy atom. The Morgan fingerprint density at radius 1 is 1.32 bits per heavy atom. The normalized spacial score (nSPS) is 15.5. The standard InChI is InChI=1S/C19H23N3O2S/c1-13(21-19(20-2)17-4-3-11-25-17)14-5-9-16(10-6-14)24-12-18(23)22-15-7-8-15/h3-6,9-11,13,15H,7-8,12H2,1-2H3,(H,20,21)(H,22,23)/t13-/m0/s1. The lowest BCUT2D eigenvalue weighted by Crippen LogP contribution is -2.30. The predicted molar refractivity (Wildman–Crippen MR) is 101 cm³/mol. The van der Waals surface area contributed by atoms with Crippen LogP contribution in [0, 0.1) is 0 Å². The van der Waals surface area contributed by atoms with E-state index in [1.165, 1.54) is 0 Å². The summed E-state index contributed by atoms with van der Waals surface area (Å²) in [5.74, 6) is 1.53. The fourth-order valence-corrected chi connectivity index (χ4v) is 3.17. The van der Waals surface area contributed by atoms with Gasteiger partial charge in [0.25, 0.3) is 5.91 Å². The zero-order valence-corrected chi connectivity index (χ0v) is 15.3. The number of hydrogen-bond acceptors (Lipinski definition) is 4. The van der Waals surface area contributed by atoms with E-state index in [9.17, 15) is 4.79 Å². The van der Waals surface area contributed by atoms with Crippen molar-refractivity contribution in [1.82, 2.24) is 10.6 Å². The lowest BCUT2D eigenvalue weighted by molar-refractivity contribution is -0.123. The van der Waals surface area contributed by atoms with Crippen LogP contribution in [0.3, 0.4) is 0 Å². The molecule has 132 valence electrons. The van der Waals surface area contributed by atoms with Crippen molar-refractivity contribution >= 4 is 23.1 Å². The van der Waals surface area contributed by atoms with Crippen LogP contribution in [0.15, 0.2) is 46.8 Å². The molecule has 1 atom stereocenters. The van der Waals surface area contributed by atoms with Crippen LogP contribution in [0.2, 0.25) is 0 Å². The summed E-state index contributed by atoms with van der Waals surface area (Å²) in [7, 11) is 1.79. The summed E-state index contributed by atoms with van der Waals surface area (Å²) in [6, 6.07) is 12.4. The number of carbonyl (C=O) groups is 1. The molecule has 0 radical (unpaired) electrons. The van der Waals surface area contributed by atoms with Gasteiger partial charge in [-0.25, -0.2) is 0 Å². The Balaban J connectivity index is 1.53. The van der Waals surface area contributed by atoms with Crippen LogP contribution in [0.5, 0.6) is 5.75 Å². The molecule has 2 aromatic rings. The number of amides is 1. The van der Waals surface area contributed by atoms with Crippen LogP contribution in [0.1, 0.15) is 36.2 Å². The number of rotatable bonds is 7. The maximum absolute atomic E-state index is 11.7. The lowest BCUT2D eigenvalue weighted by Gasteiger charge is -2.17. The lowest BCUT2D eigenvalue weighted by atomic mass is 10.1. The maximum atomic E-state index is 11.7. The summed E-state index contributed by atoms with van der Waals surface area (Å²) in [5, 5.41) is 8.39. The van der Waals surface area contributed by atoms with E-state index in [-0.39, 0.29) is 18.6 Å². The number of nitrogens with zero attached hydrogens (tertiary/aromatic N) is 1. The summed E-state index contributed by atoms with van der Waals surface area (Å²) in [6.07, 6.45) is 2.17. The molecule has 1 aromatic heterocycles. The summed E-state index contributed by atoms with van der Waals surface area (Å²) in [6.45, 7) is 2.16. The maximum Gasteiger partial charge on any atom is 0.258 e. The Morgan fingerprint density at radius 2 is 2.08 bits per heavy atom. The van der Waals surface area contributed by atoms with Crippen molar-refractivity contribution in [1.29, 1.82) is 0 Å². The van der Waals surface area contributed by atoms with Gasteiger partial charge in [0.15, 0.2) is 6.61 Å². The van der Waals surface area contributed by atoms with Crippen LogP contribution in [-0.4, -0.2) is 31.4 Å². The van der Waals surface area contributed by atoms with E-state index in [0.29, 0.717) is 11.8 Å². The number of benzene rings is 1. The molecule has 0 saturated heterocycles. The van der Waals surface area contributed by atoms with Gasteiger partial charge in [-0.2, -0.15) is 0 Å². The molecule has 1 aromatic carbocycles. The van der Waals surface area contributed by atoms with Gasteiger partial charge >= 0.3 is 0 Å². The third kappa shape index (κ3) is 5.06. The van der Waals surface area contributed by atoms with Crippen molar-refractivity contribution in [3.63, 3.8) is 0 Å². The minimum absolute atomic E-state index is 0.0543. The number of thiophene rings is 1. The monoisotopic (exact) mass is 357 g/mol. The van der Waals surface area contributed by atoms with E-state index in [1.807, 2.05) is 35.7 Å². The number of ether oxygens (including phenoxy) is 1. The molecule has 6 heteroatoms. The predicted octanol–water partition coefficient (Wildman–Crippen LogP) is 3.13. The first-order valence-electron chi connectivity index (χ1n) is 8.45. The van der Waals surface area contributed by atoms with Gasteiger partial charge in [0.1, 0.15) is 11.6 Å². The summed E-state index contributed by atoms with van der Waals surface area (Å²) in [4.78, 5) is 17.1. The van der Waals surface area contributed by atoms with Crippen LogP contribution < -0.4 is 15.4 Å². The fourth-order valence-electron chi connectivity index (χ4n) is 2.45. The first-order valence-corrected chi connectivity index (χ1v) is 9.33. The highest BCUT2D eigenvalue weighted by Crippen LogP contribution is 2.20. The molecule has 1 heterocycles. The number of hydrogen-bond donors (Lipinski definition) is 2. The third-order valence-corrected chi connectivity index (χ3v) is 4.90. The van der Waals surface area contributed by atoms with Gasteiger partial charge in [-0.1, -0.05) is 18.2 Å². The molecule has 2 N–H and O–H groups in total. The van der Waals surface area contributed by atoms with Crippen molar-refractivity contribution < 1.29 is 9.53 Å². The van der Waals surface area contributed by atoms with E-state index in [4.69, 9.17) is 4.74 Å². The Kier molecular flexibility index (Phi) is 5.71. The molecular weight excluding hydrogens is 334 g/mol. The van der Waals surface area contributed by atoms with Crippen molar-refractivity contribution in [2.24, 2.45) is 4.99 Å². The van der Waals surface area contributed by atoms with Gasteiger partial charge in [-0.15, -0.1) is 11.3 Å². The molecule has 25 heavy (non-hydrogen) atoms. The van der Waals surface area contributed by atoms with Gasteiger partial charge in [-0.05, 0) is 48.9 Å². The summed E-state index contributed by atoms with van der Waals surface area (Å²) in [5.41, 5.74) is 1.13. The van der Waals surface area contributed by atoms with E-state index >= 15 is 0 Å². The van der Waals surface area contributed by atoms with E-state index in [2.05, 4.69) is 28.6 Å². The molecular formula is C19H23N3O2S. The molecule has 0 bridgehead atoms. The first-order chi connectivity index (χ1) is 12.2. The van der Waals surface area contributed by atoms with Crippen LogP contribution in [0.4, 0.5) is 0 Å². The second kappa shape index (κ2) is 8.16. The zero-order valence-electron chi connectivity index (χ0n) is 14.5. The van der Waals surface area contributed by atoms with Crippen molar-refractivity contribution in [2.75, 3.05) is 13.7 Å². The minimum Gasteiger partial charge on any atom is -0.484 e. The molecule has 1 aliphatic rings. The van der Waals surface area contributed by atoms with E-state index in [1.54, 1.807) is 18.4 Å². The minimum atomic E-state index is -0.0543. The van der Waals surface area contributed by atoms with Crippen molar-refractivity contribution in [3.05, 3.63) is 52.2 Å². The van der Waals surface area contributed by atoms with Gasteiger partial charge in [0.05, 0.1) is 4.88 Å². The Bertz CT molecular complexity index is 722. The average molecular weight is 357 g/mol. The highest BCUT2D eigenvalue weighted by Gasteiger charge is 2.23. The SMILES string of the molecule is CN=C(N[C@@H](C)c1ccc(OCC(=O)NC2CC2)cc1)c1cccs1. The Labute approximate surface area is 152 Å². The number of nitrogens with one attached hydrogen (secondary N) is 2. The topological polar surface area (TPSA) is 62.7 Å². The number of aliphatic imine (C=N–C) groups is 1. The molecule has 1 fully saturated rings. The average Bonchev–Trinajstić information content (AvgIpc) is 3.27. The molecule has 0 unspecified atom stereocenters. The molecule has 1 aliphatic carbocycles. The highest BCUT2D eigenvalue weighted by molar-refractivity contribution is 7.12. The Hall–Kier alpha value is -2.34. The van der Waals surface area contributed by atoms with Crippen molar-refractivity contribution in [3.8, 4) is 5.75 Å². The van der Waals surface area contributed by atoms with Gasteiger partial charge in [-0.3, -0.25) is 9.79 Å². The van der Waals surface area contributed by atoms with Crippen LogP contribution >= 0.6 is 11.3 Å². The quantitative estimate of drug-likeness (QED) is 0.591. The highest BCUT2D eigenvalue weighted by atomic mass is 32.1. The first kappa shape index (κ1) is 17.5.